The van der Waals surface area contributed by atoms with Gasteiger partial charge in [0.1, 0.15) is 28.8 Å². The minimum absolute atomic E-state index is 0.0928. The van der Waals surface area contributed by atoms with E-state index in [1.54, 1.807) is 30.5 Å². The van der Waals surface area contributed by atoms with Crippen LogP contribution in [0.25, 0.3) is 0 Å². The number of fused-ring (bicyclic) bond motifs is 4. The summed E-state index contributed by atoms with van der Waals surface area (Å²) >= 11 is 0. The highest BCUT2D eigenvalue weighted by molar-refractivity contribution is 5.96. The molecule has 0 saturated heterocycles. The third kappa shape index (κ3) is 3.76. The number of nitrogens with zero attached hydrogens (tertiary/aromatic N) is 1. The van der Waals surface area contributed by atoms with E-state index in [4.69, 9.17) is 9.47 Å². The molecule has 35 heavy (non-hydrogen) atoms. The Morgan fingerprint density at radius 3 is 2.83 bits per heavy atom. The molecule has 1 atom stereocenters. The van der Waals surface area contributed by atoms with Crippen molar-refractivity contribution in [1.29, 1.82) is 0 Å². The van der Waals surface area contributed by atoms with Crippen LogP contribution < -0.4 is 20.1 Å². The maximum absolute atomic E-state index is 13.0. The van der Waals surface area contributed by atoms with Gasteiger partial charge in [-0.2, -0.15) is 13.2 Å². The summed E-state index contributed by atoms with van der Waals surface area (Å²) in [5.74, 6) is 1.76. The molecule has 2 N–H and O–H groups in total. The molecule has 1 aliphatic carbocycles. The second-order valence-electron chi connectivity index (χ2n) is 8.33. The van der Waals surface area contributed by atoms with Gasteiger partial charge in [-0.05, 0) is 48.9 Å². The number of pyridine rings is 1. The SMILES string of the molecule is O=C1CCc2c(Oc3ccc4c(c3)[C@H]3C(NC(=O)c5cccc(C(F)(F)F)c5)=C3O4)ccnc2N1. The number of anilines is 1. The number of rotatable bonds is 4. The zero-order chi connectivity index (χ0) is 24.3. The fraction of sp³-hybridized carbons (Fsp3) is 0.160. The van der Waals surface area contributed by atoms with Gasteiger partial charge in [-0.1, -0.05) is 6.07 Å². The molecule has 10 heteroatoms. The Labute approximate surface area is 196 Å². The molecular formula is C25H16F3N3O4. The van der Waals surface area contributed by atoms with Gasteiger partial charge in [0.2, 0.25) is 5.91 Å². The summed E-state index contributed by atoms with van der Waals surface area (Å²) < 4.78 is 50.8. The van der Waals surface area contributed by atoms with E-state index in [0.717, 1.165) is 23.3 Å². The summed E-state index contributed by atoms with van der Waals surface area (Å²) in [7, 11) is 0. The van der Waals surface area contributed by atoms with Crippen molar-refractivity contribution in [2.45, 2.75) is 24.9 Å². The number of aromatic nitrogens is 1. The van der Waals surface area contributed by atoms with Gasteiger partial charge in [0.05, 0.1) is 17.2 Å². The Morgan fingerprint density at radius 2 is 2.00 bits per heavy atom. The van der Waals surface area contributed by atoms with Crippen molar-refractivity contribution in [3.05, 3.63) is 88.4 Å². The first kappa shape index (κ1) is 21.2. The number of allylic oxidation sites excluding steroid dienone is 2. The number of carbonyl (C=O) groups is 2. The van der Waals surface area contributed by atoms with E-state index >= 15 is 0 Å². The fourth-order valence-electron chi connectivity index (χ4n) is 4.28. The second-order valence-corrected chi connectivity index (χ2v) is 8.33. The smallest absolute Gasteiger partial charge is 0.416 e. The van der Waals surface area contributed by atoms with Crippen molar-refractivity contribution in [3.8, 4) is 17.2 Å². The van der Waals surface area contributed by atoms with E-state index in [1.807, 2.05) is 0 Å². The quantitative estimate of drug-likeness (QED) is 0.555. The lowest BCUT2D eigenvalue weighted by atomic mass is 10.1. The number of carbonyl (C=O) groups excluding carboxylic acids is 2. The molecule has 3 aliphatic rings. The van der Waals surface area contributed by atoms with Crippen LogP contribution in [0.1, 0.15) is 39.4 Å². The van der Waals surface area contributed by atoms with Gasteiger partial charge in [0.25, 0.3) is 5.91 Å². The molecule has 1 aromatic heterocycles. The second kappa shape index (κ2) is 7.59. The van der Waals surface area contributed by atoms with Crippen molar-refractivity contribution >= 4 is 17.6 Å². The van der Waals surface area contributed by atoms with Crippen LogP contribution in [0.4, 0.5) is 19.0 Å². The Morgan fingerprint density at radius 1 is 1.14 bits per heavy atom. The molecule has 0 saturated carbocycles. The third-order valence-corrected chi connectivity index (χ3v) is 6.05. The van der Waals surface area contributed by atoms with Crippen molar-refractivity contribution in [2.24, 2.45) is 0 Å². The van der Waals surface area contributed by atoms with Gasteiger partial charge in [-0.15, -0.1) is 0 Å². The van der Waals surface area contributed by atoms with Crippen molar-refractivity contribution in [1.82, 2.24) is 10.3 Å². The summed E-state index contributed by atoms with van der Waals surface area (Å²) in [6.45, 7) is 0. The number of alkyl halides is 3. The number of nitrogens with one attached hydrogen (secondary N) is 2. The van der Waals surface area contributed by atoms with Gasteiger partial charge in [-0.3, -0.25) is 9.59 Å². The number of halogens is 3. The lowest BCUT2D eigenvalue weighted by Gasteiger charge is -2.19. The molecule has 0 fully saturated rings. The zero-order valence-electron chi connectivity index (χ0n) is 17.9. The predicted molar refractivity (Wildman–Crippen MR) is 117 cm³/mol. The van der Waals surface area contributed by atoms with Crippen LogP contribution >= 0.6 is 0 Å². The Bertz CT molecular complexity index is 1450. The molecule has 2 aliphatic heterocycles. The lowest BCUT2D eigenvalue weighted by molar-refractivity contribution is -0.137. The standard InChI is InChI=1S/C25H16F3N3O4/c26-25(27,28)13-3-1-2-12(10-13)24(33)31-21-20-16-11-14(4-6-17(16)35-22(20)21)34-18-8-9-29-23-15(18)5-7-19(32)30-23/h1-4,6,8-11,20H,5,7H2,(H,31,33)(H,29,30,32)/t20-/m0/s1. The first-order chi connectivity index (χ1) is 16.8. The molecule has 6 rings (SSSR count). The lowest BCUT2D eigenvalue weighted by Crippen LogP contribution is -2.21. The molecule has 0 unspecified atom stereocenters. The van der Waals surface area contributed by atoms with Crippen molar-refractivity contribution in [2.75, 3.05) is 5.32 Å². The first-order valence-corrected chi connectivity index (χ1v) is 10.8. The van der Waals surface area contributed by atoms with Crippen LogP contribution in [0.5, 0.6) is 17.2 Å². The topological polar surface area (TPSA) is 89.5 Å². The predicted octanol–water partition coefficient (Wildman–Crippen LogP) is 4.91. The van der Waals surface area contributed by atoms with Crippen molar-refractivity contribution < 1.29 is 32.2 Å². The van der Waals surface area contributed by atoms with Gasteiger partial charge in [0, 0.05) is 29.3 Å². The van der Waals surface area contributed by atoms with Gasteiger partial charge in [-0.25, -0.2) is 4.98 Å². The maximum atomic E-state index is 13.0. The Kier molecular flexibility index (Phi) is 4.60. The van der Waals surface area contributed by atoms with Gasteiger partial charge < -0.3 is 20.1 Å². The first-order valence-electron chi connectivity index (χ1n) is 10.8. The van der Waals surface area contributed by atoms with Gasteiger partial charge in [0.15, 0.2) is 0 Å². The molecule has 3 aromatic rings. The molecule has 0 radical (unpaired) electrons. The highest BCUT2D eigenvalue weighted by Gasteiger charge is 2.49. The maximum Gasteiger partial charge on any atom is 0.416 e. The minimum atomic E-state index is -4.54. The van der Waals surface area contributed by atoms with Crippen LogP contribution in [0.15, 0.2) is 66.2 Å². The largest absolute Gasteiger partial charge is 0.458 e. The summed E-state index contributed by atoms with van der Waals surface area (Å²) in [6, 6.07) is 11.3. The molecule has 176 valence electrons. The van der Waals surface area contributed by atoms with Crippen molar-refractivity contribution in [3.63, 3.8) is 0 Å². The molecular weight excluding hydrogens is 463 g/mol. The highest BCUT2D eigenvalue weighted by atomic mass is 19.4. The zero-order valence-corrected chi connectivity index (χ0v) is 17.9. The molecule has 0 spiro atoms. The van der Waals surface area contributed by atoms with Gasteiger partial charge >= 0.3 is 6.18 Å². The number of ether oxygens (including phenoxy) is 2. The van der Waals surface area contributed by atoms with E-state index in [-0.39, 0.29) is 17.4 Å². The number of hydrogen-bond donors (Lipinski definition) is 2. The van der Waals surface area contributed by atoms with Crippen LogP contribution in [-0.2, 0) is 17.4 Å². The summed E-state index contributed by atoms with van der Waals surface area (Å²) in [5, 5.41) is 5.40. The van der Waals surface area contributed by atoms with E-state index < -0.39 is 17.6 Å². The Balaban J connectivity index is 1.18. The average Bonchev–Trinajstić information content (AvgIpc) is 3.35. The molecule has 2 aromatic carbocycles. The Hall–Kier alpha value is -4.34. The van der Waals surface area contributed by atoms with Crippen LogP contribution in [0.3, 0.4) is 0 Å². The normalized spacial score (nSPS) is 17.6. The van der Waals surface area contributed by atoms with Crippen LogP contribution in [-0.4, -0.2) is 16.8 Å². The highest BCUT2D eigenvalue weighted by Crippen LogP contribution is 2.56. The average molecular weight is 479 g/mol. The van der Waals surface area contributed by atoms with E-state index in [2.05, 4.69) is 15.6 Å². The molecule has 2 amide bonds. The number of benzene rings is 2. The molecule has 0 bridgehead atoms. The summed E-state index contributed by atoms with van der Waals surface area (Å²) in [6.07, 6.45) is -2.12. The molecule has 7 nitrogen and oxygen atoms in total. The number of amides is 2. The third-order valence-electron chi connectivity index (χ3n) is 6.05. The fourth-order valence-corrected chi connectivity index (χ4v) is 4.28. The molecule has 3 heterocycles. The van der Waals surface area contributed by atoms with E-state index in [1.165, 1.54) is 12.1 Å². The van der Waals surface area contributed by atoms with E-state index in [9.17, 15) is 22.8 Å². The summed E-state index contributed by atoms with van der Waals surface area (Å²) in [4.78, 5) is 28.4. The van der Waals surface area contributed by atoms with E-state index in [0.29, 0.717) is 47.4 Å². The summed E-state index contributed by atoms with van der Waals surface area (Å²) in [5.41, 5.74) is 1.13. The number of hydrogen-bond acceptors (Lipinski definition) is 5. The van der Waals surface area contributed by atoms with Crippen LogP contribution in [0, 0.1) is 0 Å². The minimum Gasteiger partial charge on any atom is -0.458 e. The van der Waals surface area contributed by atoms with Crippen LogP contribution in [0.2, 0.25) is 0 Å². The monoisotopic (exact) mass is 479 g/mol.